The molecule has 2 aromatic rings. The number of carbonyl (C=O) groups is 2. The molecule has 0 aliphatic heterocycles. The average molecular weight is 410 g/mol. The first kappa shape index (κ1) is 20.9. The van der Waals surface area contributed by atoms with Gasteiger partial charge in [0.25, 0.3) is 5.91 Å². The second kappa shape index (κ2) is 9.01. The number of hydrogen-bond donors (Lipinski definition) is 1. The predicted octanol–water partition coefficient (Wildman–Crippen LogP) is 3.42. The fourth-order valence-corrected chi connectivity index (χ4v) is 3.18. The number of ether oxygens (including phenoxy) is 1. The predicted molar refractivity (Wildman–Crippen MR) is 104 cm³/mol. The fraction of sp³-hybridized carbons (Fsp3) is 0.263. The Morgan fingerprint density at radius 3 is 2.44 bits per heavy atom. The molecule has 2 rings (SSSR count). The van der Waals surface area contributed by atoms with Crippen molar-refractivity contribution in [1.29, 1.82) is 0 Å². The van der Waals surface area contributed by atoms with Crippen molar-refractivity contribution in [3.05, 3.63) is 59.1 Å². The molecule has 0 aromatic heterocycles. The van der Waals surface area contributed by atoms with Crippen molar-refractivity contribution in [2.45, 2.75) is 24.2 Å². The highest BCUT2D eigenvalue weighted by atomic mass is 35.5. The van der Waals surface area contributed by atoms with Crippen LogP contribution < -0.4 is 5.32 Å². The van der Waals surface area contributed by atoms with Gasteiger partial charge in [-0.15, -0.1) is 0 Å². The van der Waals surface area contributed by atoms with E-state index in [9.17, 15) is 18.0 Å². The first-order valence-electron chi connectivity index (χ1n) is 8.17. The molecule has 1 N–H and O–H groups in total. The molecule has 0 radical (unpaired) electrons. The third-order valence-corrected chi connectivity index (χ3v) is 5.29. The molecule has 8 heteroatoms. The lowest BCUT2D eigenvalue weighted by molar-refractivity contribution is -0.147. The first-order valence-corrected chi connectivity index (χ1v) is 10.4. The van der Waals surface area contributed by atoms with Gasteiger partial charge in [-0.3, -0.25) is 9.59 Å². The zero-order valence-corrected chi connectivity index (χ0v) is 16.5. The number of hydrogen-bond acceptors (Lipinski definition) is 5. The lowest BCUT2D eigenvalue weighted by Gasteiger charge is -2.12. The molecule has 1 atom stereocenters. The standard InChI is InChI=1S/C19H20ClNO5S/c1-13(14-6-4-3-5-7-14)10-19(23)26-12-18(22)21-17-11-15(27(2,24)25)8-9-16(17)20/h3-9,11,13H,10,12H2,1-2H3,(H,21,22)/t13-/m1/s1. The number of rotatable bonds is 7. The molecule has 0 aliphatic rings. The Morgan fingerprint density at radius 1 is 1.15 bits per heavy atom. The molecule has 0 saturated heterocycles. The maximum absolute atomic E-state index is 12.0. The topological polar surface area (TPSA) is 89.5 Å². The van der Waals surface area contributed by atoms with Crippen molar-refractivity contribution in [1.82, 2.24) is 0 Å². The molecule has 0 spiro atoms. The molecule has 0 heterocycles. The van der Waals surface area contributed by atoms with Crippen LogP contribution in [0.2, 0.25) is 5.02 Å². The zero-order chi connectivity index (χ0) is 20.0. The third kappa shape index (κ3) is 6.37. The van der Waals surface area contributed by atoms with E-state index in [4.69, 9.17) is 16.3 Å². The van der Waals surface area contributed by atoms with Gasteiger partial charge in [0.2, 0.25) is 0 Å². The number of benzene rings is 2. The fourth-order valence-electron chi connectivity index (χ4n) is 2.37. The molecule has 27 heavy (non-hydrogen) atoms. The van der Waals surface area contributed by atoms with E-state index in [1.807, 2.05) is 37.3 Å². The minimum absolute atomic E-state index is 0.0240. The maximum atomic E-state index is 12.0. The molecule has 0 fully saturated rings. The molecule has 0 unspecified atom stereocenters. The highest BCUT2D eigenvalue weighted by molar-refractivity contribution is 7.90. The quantitative estimate of drug-likeness (QED) is 0.707. The van der Waals surface area contributed by atoms with Crippen LogP contribution in [0.3, 0.4) is 0 Å². The smallest absolute Gasteiger partial charge is 0.306 e. The molecule has 1 amide bonds. The highest BCUT2D eigenvalue weighted by Crippen LogP contribution is 2.25. The second-order valence-corrected chi connectivity index (χ2v) is 8.56. The summed E-state index contributed by atoms with van der Waals surface area (Å²) < 4.78 is 28.2. The number of amides is 1. The summed E-state index contributed by atoms with van der Waals surface area (Å²) in [4.78, 5) is 23.9. The van der Waals surface area contributed by atoms with Crippen LogP contribution in [-0.2, 0) is 24.2 Å². The minimum Gasteiger partial charge on any atom is -0.456 e. The van der Waals surface area contributed by atoms with Crippen molar-refractivity contribution in [3.63, 3.8) is 0 Å². The van der Waals surface area contributed by atoms with Gasteiger partial charge < -0.3 is 10.1 Å². The van der Waals surface area contributed by atoms with Gasteiger partial charge in [0.15, 0.2) is 16.4 Å². The van der Waals surface area contributed by atoms with Crippen LogP contribution in [0.1, 0.15) is 24.8 Å². The van der Waals surface area contributed by atoms with E-state index < -0.39 is 28.3 Å². The molecule has 2 aromatic carbocycles. The van der Waals surface area contributed by atoms with Gasteiger partial charge in [-0.2, -0.15) is 0 Å². The van der Waals surface area contributed by atoms with E-state index >= 15 is 0 Å². The second-order valence-electron chi connectivity index (χ2n) is 6.14. The lowest BCUT2D eigenvalue weighted by atomic mass is 9.98. The first-order chi connectivity index (χ1) is 12.7. The summed E-state index contributed by atoms with van der Waals surface area (Å²) in [5.74, 6) is -1.15. The Morgan fingerprint density at radius 2 is 1.81 bits per heavy atom. The van der Waals surface area contributed by atoms with Crippen LogP contribution in [0.5, 0.6) is 0 Å². The van der Waals surface area contributed by atoms with Crippen LogP contribution in [0, 0.1) is 0 Å². The van der Waals surface area contributed by atoms with Gasteiger partial charge in [-0.1, -0.05) is 48.9 Å². The Kier molecular flexibility index (Phi) is 6.98. The van der Waals surface area contributed by atoms with Crippen molar-refractivity contribution < 1.29 is 22.7 Å². The van der Waals surface area contributed by atoms with E-state index in [2.05, 4.69) is 5.32 Å². The molecule has 144 valence electrons. The normalized spacial score (nSPS) is 12.3. The van der Waals surface area contributed by atoms with E-state index in [-0.39, 0.29) is 27.9 Å². The van der Waals surface area contributed by atoms with Crippen LogP contribution >= 0.6 is 11.6 Å². The van der Waals surface area contributed by atoms with Crippen molar-refractivity contribution in [2.24, 2.45) is 0 Å². The molecule has 0 aliphatic carbocycles. The average Bonchev–Trinajstić information content (AvgIpc) is 2.61. The lowest BCUT2D eigenvalue weighted by Crippen LogP contribution is -2.21. The zero-order valence-electron chi connectivity index (χ0n) is 14.9. The minimum atomic E-state index is -3.44. The molecule has 0 saturated carbocycles. The van der Waals surface area contributed by atoms with Gasteiger partial charge >= 0.3 is 5.97 Å². The van der Waals surface area contributed by atoms with Gasteiger partial charge in [-0.05, 0) is 29.7 Å². The largest absolute Gasteiger partial charge is 0.456 e. The summed E-state index contributed by atoms with van der Waals surface area (Å²) in [6.45, 7) is 1.41. The van der Waals surface area contributed by atoms with Crippen LogP contribution in [-0.4, -0.2) is 33.2 Å². The third-order valence-electron chi connectivity index (χ3n) is 3.85. The SMILES string of the molecule is C[C@H](CC(=O)OCC(=O)Nc1cc(S(C)(=O)=O)ccc1Cl)c1ccccc1. The summed E-state index contributed by atoms with van der Waals surface area (Å²) >= 11 is 5.97. The van der Waals surface area contributed by atoms with Crippen LogP contribution in [0.15, 0.2) is 53.4 Å². The van der Waals surface area contributed by atoms with Crippen molar-refractivity contribution >= 4 is 39.0 Å². The Bertz CT molecular complexity index is 928. The number of nitrogens with one attached hydrogen (secondary N) is 1. The number of halogens is 1. The monoisotopic (exact) mass is 409 g/mol. The van der Waals surface area contributed by atoms with Crippen molar-refractivity contribution in [3.8, 4) is 0 Å². The van der Waals surface area contributed by atoms with Crippen LogP contribution in [0.4, 0.5) is 5.69 Å². The Balaban J connectivity index is 1.90. The van der Waals surface area contributed by atoms with E-state index in [1.165, 1.54) is 18.2 Å². The Labute approximate surface area is 163 Å². The van der Waals surface area contributed by atoms with Gasteiger partial charge in [0.05, 0.1) is 22.0 Å². The summed E-state index contributed by atoms with van der Waals surface area (Å²) in [5.41, 5.74) is 1.14. The van der Waals surface area contributed by atoms with Gasteiger partial charge in [-0.25, -0.2) is 8.42 Å². The molecular formula is C19H20ClNO5S. The summed E-state index contributed by atoms with van der Waals surface area (Å²) in [5, 5.41) is 2.63. The van der Waals surface area contributed by atoms with Crippen LogP contribution in [0.25, 0.3) is 0 Å². The Hall–Kier alpha value is -2.38. The number of esters is 1. The van der Waals surface area contributed by atoms with Gasteiger partial charge in [0.1, 0.15) is 0 Å². The summed E-state index contributed by atoms with van der Waals surface area (Å²) in [6, 6.07) is 13.5. The summed E-state index contributed by atoms with van der Waals surface area (Å²) in [6.07, 6.45) is 1.19. The summed E-state index contributed by atoms with van der Waals surface area (Å²) in [7, 11) is -3.44. The number of carbonyl (C=O) groups excluding carboxylic acids is 2. The van der Waals surface area contributed by atoms with E-state index in [0.29, 0.717) is 0 Å². The number of anilines is 1. The maximum Gasteiger partial charge on any atom is 0.306 e. The van der Waals surface area contributed by atoms with E-state index in [0.717, 1.165) is 11.8 Å². The number of sulfone groups is 1. The van der Waals surface area contributed by atoms with Crippen molar-refractivity contribution in [2.75, 3.05) is 18.2 Å². The van der Waals surface area contributed by atoms with E-state index in [1.54, 1.807) is 0 Å². The molecule has 0 bridgehead atoms. The molecular weight excluding hydrogens is 390 g/mol. The van der Waals surface area contributed by atoms with Gasteiger partial charge in [0, 0.05) is 6.26 Å². The molecule has 6 nitrogen and oxygen atoms in total. The highest BCUT2D eigenvalue weighted by Gasteiger charge is 2.15.